The summed E-state index contributed by atoms with van der Waals surface area (Å²) < 4.78 is 26.9. The number of amides is 1. The summed E-state index contributed by atoms with van der Waals surface area (Å²) in [6, 6.07) is 12.4. The van der Waals surface area contributed by atoms with Gasteiger partial charge in [-0.3, -0.25) is 20.2 Å². The van der Waals surface area contributed by atoms with Crippen LogP contribution in [0.15, 0.2) is 59.5 Å². The van der Waals surface area contributed by atoms with E-state index in [1.807, 2.05) is 0 Å². The Balaban J connectivity index is 1.66. The fourth-order valence-corrected chi connectivity index (χ4v) is 4.26. The minimum absolute atomic E-state index is 0.0497. The van der Waals surface area contributed by atoms with Gasteiger partial charge in [0.15, 0.2) is 0 Å². The van der Waals surface area contributed by atoms with Crippen LogP contribution in [-0.2, 0) is 14.8 Å². The topological polar surface area (TPSA) is 144 Å². The van der Waals surface area contributed by atoms with E-state index in [9.17, 15) is 23.3 Å². The van der Waals surface area contributed by atoms with E-state index in [-0.39, 0.29) is 15.7 Å². The van der Waals surface area contributed by atoms with Crippen LogP contribution < -0.4 is 10.0 Å². The van der Waals surface area contributed by atoms with Gasteiger partial charge in [-0.15, -0.1) is 10.2 Å². The number of nitro groups is 1. The zero-order chi connectivity index (χ0) is 21.0. The highest BCUT2D eigenvalue weighted by atomic mass is 32.2. The molecule has 3 rings (SSSR count). The van der Waals surface area contributed by atoms with E-state index in [1.165, 1.54) is 43.3 Å². The number of benzene rings is 2. The average molecular weight is 433 g/mol. The highest BCUT2D eigenvalue weighted by molar-refractivity contribution is 7.89. The first kappa shape index (κ1) is 20.5. The van der Waals surface area contributed by atoms with E-state index in [0.29, 0.717) is 10.6 Å². The molecule has 29 heavy (non-hydrogen) atoms. The Kier molecular flexibility index (Phi) is 5.96. The Bertz CT molecular complexity index is 1130. The zero-order valence-corrected chi connectivity index (χ0v) is 16.6. The second kappa shape index (κ2) is 8.43. The maximum atomic E-state index is 12.3. The summed E-state index contributed by atoms with van der Waals surface area (Å²) in [5.41, 5.74) is 0.553. The lowest BCUT2D eigenvalue weighted by atomic mass is 10.2. The molecular formula is C17H15N5O5S2. The Hall–Kier alpha value is -3.22. The summed E-state index contributed by atoms with van der Waals surface area (Å²) in [5.74, 6) is -0.601. The first-order valence-corrected chi connectivity index (χ1v) is 10.5. The van der Waals surface area contributed by atoms with Crippen LogP contribution >= 0.6 is 11.3 Å². The molecule has 0 unspecified atom stereocenters. The SMILES string of the molecule is C[C@@H](NS(=O)(=O)c1ccccc1)C(=O)Nc1nnc(-c2ccc([N+](=O)[O-])cc2)s1. The molecule has 1 amide bonds. The van der Waals surface area contributed by atoms with Gasteiger partial charge >= 0.3 is 0 Å². The lowest BCUT2D eigenvalue weighted by Crippen LogP contribution is -2.41. The van der Waals surface area contributed by atoms with Gasteiger partial charge in [-0.25, -0.2) is 8.42 Å². The van der Waals surface area contributed by atoms with E-state index < -0.39 is 26.9 Å². The van der Waals surface area contributed by atoms with Crippen molar-refractivity contribution in [2.45, 2.75) is 17.9 Å². The number of sulfonamides is 1. The summed E-state index contributed by atoms with van der Waals surface area (Å²) in [5, 5.41) is 21.6. The van der Waals surface area contributed by atoms with Gasteiger partial charge < -0.3 is 0 Å². The minimum Gasteiger partial charge on any atom is -0.299 e. The van der Waals surface area contributed by atoms with Gasteiger partial charge in [0.2, 0.25) is 21.1 Å². The number of nitrogens with one attached hydrogen (secondary N) is 2. The van der Waals surface area contributed by atoms with Crippen LogP contribution in [0.4, 0.5) is 10.8 Å². The number of carbonyl (C=O) groups excluding carboxylic acids is 1. The van der Waals surface area contributed by atoms with Crippen molar-refractivity contribution in [3.63, 3.8) is 0 Å². The van der Waals surface area contributed by atoms with Gasteiger partial charge in [-0.05, 0) is 31.2 Å². The molecule has 0 radical (unpaired) electrons. The second-order valence-electron chi connectivity index (χ2n) is 5.86. The van der Waals surface area contributed by atoms with Crippen molar-refractivity contribution in [1.82, 2.24) is 14.9 Å². The van der Waals surface area contributed by atoms with Crippen molar-refractivity contribution in [3.05, 3.63) is 64.7 Å². The van der Waals surface area contributed by atoms with Crippen LogP contribution in [0.5, 0.6) is 0 Å². The number of nitro benzene ring substituents is 1. The summed E-state index contributed by atoms with van der Waals surface area (Å²) in [7, 11) is -3.84. The molecule has 10 nitrogen and oxygen atoms in total. The Morgan fingerprint density at radius 3 is 2.38 bits per heavy atom. The van der Waals surface area contributed by atoms with Crippen molar-refractivity contribution < 1.29 is 18.1 Å². The van der Waals surface area contributed by atoms with E-state index in [1.54, 1.807) is 18.2 Å². The Labute approximate surface area is 169 Å². The van der Waals surface area contributed by atoms with Crippen LogP contribution in [-0.4, -0.2) is 35.5 Å². The molecule has 2 N–H and O–H groups in total. The molecule has 0 fully saturated rings. The summed E-state index contributed by atoms with van der Waals surface area (Å²) in [6.07, 6.45) is 0. The van der Waals surface area contributed by atoms with E-state index in [2.05, 4.69) is 20.2 Å². The summed E-state index contributed by atoms with van der Waals surface area (Å²) in [6.45, 7) is 1.41. The fourth-order valence-electron chi connectivity index (χ4n) is 2.28. The number of hydrogen-bond donors (Lipinski definition) is 2. The number of anilines is 1. The third kappa shape index (κ3) is 4.99. The molecule has 0 aliphatic heterocycles. The molecule has 0 bridgehead atoms. The average Bonchev–Trinajstić information content (AvgIpc) is 3.17. The van der Waals surface area contributed by atoms with E-state index in [4.69, 9.17) is 0 Å². The Morgan fingerprint density at radius 2 is 1.76 bits per heavy atom. The maximum Gasteiger partial charge on any atom is 0.269 e. The van der Waals surface area contributed by atoms with Gasteiger partial charge in [0, 0.05) is 17.7 Å². The number of rotatable bonds is 7. The molecule has 0 spiro atoms. The maximum absolute atomic E-state index is 12.3. The smallest absolute Gasteiger partial charge is 0.269 e. The first-order chi connectivity index (χ1) is 13.8. The van der Waals surface area contributed by atoms with Crippen molar-refractivity contribution in [2.24, 2.45) is 0 Å². The number of non-ortho nitro benzene ring substituents is 1. The minimum atomic E-state index is -3.84. The molecule has 3 aromatic rings. The zero-order valence-electron chi connectivity index (χ0n) is 15.0. The van der Waals surface area contributed by atoms with Crippen molar-refractivity contribution in [2.75, 3.05) is 5.32 Å². The molecule has 1 aromatic heterocycles. The van der Waals surface area contributed by atoms with Gasteiger partial charge in [0.1, 0.15) is 5.01 Å². The molecule has 0 saturated heterocycles. The normalized spacial score (nSPS) is 12.3. The van der Waals surface area contributed by atoms with Gasteiger partial charge in [0.05, 0.1) is 15.9 Å². The molecule has 0 saturated carbocycles. The van der Waals surface area contributed by atoms with E-state index in [0.717, 1.165) is 11.3 Å². The van der Waals surface area contributed by atoms with Crippen LogP contribution in [0.2, 0.25) is 0 Å². The van der Waals surface area contributed by atoms with Crippen LogP contribution in [0, 0.1) is 10.1 Å². The van der Waals surface area contributed by atoms with E-state index >= 15 is 0 Å². The standard InChI is InChI=1S/C17H15N5O5S2/c1-11(21-29(26,27)14-5-3-2-4-6-14)15(23)18-17-20-19-16(28-17)12-7-9-13(10-8-12)22(24)25/h2-11,21H,1H3,(H,18,20,23)/t11-/m1/s1. The van der Waals surface area contributed by atoms with Gasteiger partial charge in [-0.1, -0.05) is 29.5 Å². The quantitative estimate of drug-likeness (QED) is 0.430. The summed E-state index contributed by atoms with van der Waals surface area (Å²) in [4.78, 5) is 22.6. The molecular weight excluding hydrogens is 418 g/mol. The van der Waals surface area contributed by atoms with Crippen LogP contribution in [0.25, 0.3) is 10.6 Å². The van der Waals surface area contributed by atoms with Gasteiger partial charge in [-0.2, -0.15) is 4.72 Å². The third-order valence-electron chi connectivity index (χ3n) is 3.76. The molecule has 1 atom stereocenters. The van der Waals surface area contributed by atoms with Crippen molar-refractivity contribution in [3.8, 4) is 10.6 Å². The molecule has 0 aliphatic carbocycles. The lowest BCUT2D eigenvalue weighted by molar-refractivity contribution is -0.384. The number of aromatic nitrogens is 2. The number of nitrogens with zero attached hydrogens (tertiary/aromatic N) is 3. The highest BCUT2D eigenvalue weighted by Crippen LogP contribution is 2.27. The van der Waals surface area contributed by atoms with Gasteiger partial charge in [0.25, 0.3) is 5.69 Å². The van der Waals surface area contributed by atoms with Crippen LogP contribution in [0.1, 0.15) is 6.92 Å². The predicted molar refractivity (Wildman–Crippen MR) is 107 cm³/mol. The lowest BCUT2D eigenvalue weighted by Gasteiger charge is -2.13. The monoisotopic (exact) mass is 433 g/mol. The second-order valence-corrected chi connectivity index (χ2v) is 8.55. The molecule has 150 valence electrons. The molecule has 0 aliphatic rings. The van der Waals surface area contributed by atoms with Crippen LogP contribution in [0.3, 0.4) is 0 Å². The molecule has 1 heterocycles. The fraction of sp³-hybridized carbons (Fsp3) is 0.118. The molecule has 12 heteroatoms. The number of hydrogen-bond acceptors (Lipinski definition) is 8. The van der Waals surface area contributed by atoms with Crippen molar-refractivity contribution >= 4 is 38.1 Å². The number of carbonyl (C=O) groups is 1. The highest BCUT2D eigenvalue weighted by Gasteiger charge is 2.23. The summed E-state index contributed by atoms with van der Waals surface area (Å²) >= 11 is 1.06. The first-order valence-electron chi connectivity index (χ1n) is 8.23. The predicted octanol–water partition coefficient (Wildman–Crippen LogP) is 2.42. The van der Waals surface area contributed by atoms with Crippen molar-refractivity contribution in [1.29, 1.82) is 0 Å². The Morgan fingerprint density at radius 1 is 1.10 bits per heavy atom. The molecule has 2 aromatic carbocycles. The largest absolute Gasteiger partial charge is 0.299 e. The third-order valence-corrected chi connectivity index (χ3v) is 6.20.